The zero-order valence-corrected chi connectivity index (χ0v) is 19.9. The number of fused-ring (bicyclic) bond motifs is 2. The van der Waals surface area contributed by atoms with Crippen molar-refractivity contribution < 1.29 is 24.3 Å². The molecule has 8 heteroatoms. The Morgan fingerprint density at radius 1 is 0.806 bits per heavy atom. The molecule has 4 rings (SSSR count). The van der Waals surface area contributed by atoms with Crippen molar-refractivity contribution in [2.45, 2.75) is 33.3 Å². The molecule has 3 N–H and O–H groups in total. The summed E-state index contributed by atoms with van der Waals surface area (Å²) in [4.78, 5) is 53.7. The molecule has 0 bridgehead atoms. The monoisotopic (exact) mass is 483 g/mol. The minimum absolute atomic E-state index is 0.0873. The van der Waals surface area contributed by atoms with E-state index in [0.29, 0.717) is 16.9 Å². The molecule has 0 aliphatic heterocycles. The van der Waals surface area contributed by atoms with E-state index in [4.69, 9.17) is 4.98 Å². The Labute approximate surface area is 207 Å². The highest BCUT2D eigenvalue weighted by atomic mass is 16.3. The van der Waals surface area contributed by atoms with Gasteiger partial charge in [0.1, 0.15) is 11.6 Å². The second-order valence-corrected chi connectivity index (χ2v) is 8.60. The van der Waals surface area contributed by atoms with Gasteiger partial charge >= 0.3 is 0 Å². The Balaban J connectivity index is 1.94. The maximum absolute atomic E-state index is 13.3. The van der Waals surface area contributed by atoms with Crippen molar-refractivity contribution in [3.63, 3.8) is 0 Å². The molecule has 36 heavy (non-hydrogen) atoms. The van der Waals surface area contributed by atoms with Gasteiger partial charge < -0.3 is 15.7 Å². The van der Waals surface area contributed by atoms with Gasteiger partial charge in [0.05, 0.1) is 53.1 Å². The molecule has 0 spiro atoms. The van der Waals surface area contributed by atoms with Crippen LogP contribution in [0.25, 0.3) is 21.8 Å². The number of pyridine rings is 1. The Bertz CT molecular complexity index is 1470. The first-order chi connectivity index (χ1) is 17.3. The summed E-state index contributed by atoms with van der Waals surface area (Å²) in [5.41, 5.74) is 3.11. The first-order valence-electron chi connectivity index (χ1n) is 11.4. The molecule has 1 heterocycles. The van der Waals surface area contributed by atoms with Crippen LogP contribution >= 0.6 is 0 Å². The minimum Gasteiger partial charge on any atom is -0.392 e. The summed E-state index contributed by atoms with van der Waals surface area (Å²) in [5, 5.41) is 17.5. The van der Waals surface area contributed by atoms with E-state index in [0.717, 1.165) is 21.8 Å². The number of nitrogens with zero attached hydrogens (tertiary/aromatic N) is 1. The van der Waals surface area contributed by atoms with Gasteiger partial charge in [0, 0.05) is 10.8 Å². The summed E-state index contributed by atoms with van der Waals surface area (Å²) in [6, 6.07) is 18.2. The fraction of sp³-hybridized carbons (Fsp3) is 0.179. The van der Waals surface area contributed by atoms with E-state index in [2.05, 4.69) is 10.6 Å². The summed E-state index contributed by atoms with van der Waals surface area (Å²) < 4.78 is 0. The number of para-hydroxylation sites is 2. The number of aliphatic hydroxyl groups is 1. The topological polar surface area (TPSA) is 125 Å². The third kappa shape index (κ3) is 5.29. The van der Waals surface area contributed by atoms with Crippen LogP contribution in [0.4, 0.5) is 17.1 Å². The molecule has 0 radical (unpaired) electrons. The number of aliphatic hydroxyl groups excluding tert-OH is 1. The number of ketones is 3. The van der Waals surface area contributed by atoms with E-state index >= 15 is 0 Å². The van der Waals surface area contributed by atoms with E-state index in [1.165, 1.54) is 19.9 Å². The van der Waals surface area contributed by atoms with E-state index in [-0.39, 0.29) is 42.3 Å². The smallest absolute Gasteiger partial charge is 0.231 e. The molecule has 182 valence electrons. The Kier molecular flexibility index (Phi) is 7.17. The fourth-order valence-electron chi connectivity index (χ4n) is 4.14. The number of Topliss-reactive ketones (excluding diaryl/α,β-unsaturated/α-hetero) is 3. The van der Waals surface area contributed by atoms with Crippen LogP contribution in [0.2, 0.25) is 0 Å². The molecule has 3 aromatic carbocycles. The van der Waals surface area contributed by atoms with E-state index in [1.807, 2.05) is 48.5 Å². The number of benzene rings is 3. The zero-order valence-electron chi connectivity index (χ0n) is 19.9. The third-order valence-corrected chi connectivity index (χ3v) is 5.60. The SMILES string of the molecule is CC(=O)CC(=O)Nc1cc(CO)cc(Nc2c3ccccc3nc3ccccc23)c1C(=O)CC(C)=O. The summed E-state index contributed by atoms with van der Waals surface area (Å²) in [6.07, 6.45) is -0.743. The highest BCUT2D eigenvalue weighted by Crippen LogP contribution is 2.37. The lowest BCUT2D eigenvalue weighted by molar-refractivity contribution is -0.124. The van der Waals surface area contributed by atoms with E-state index in [1.54, 1.807) is 6.07 Å². The van der Waals surface area contributed by atoms with Gasteiger partial charge in [-0.2, -0.15) is 0 Å². The second kappa shape index (κ2) is 10.5. The molecule has 0 aliphatic rings. The van der Waals surface area contributed by atoms with Crippen molar-refractivity contribution in [3.8, 4) is 0 Å². The number of rotatable bonds is 9. The Morgan fingerprint density at radius 2 is 1.36 bits per heavy atom. The number of aromatic nitrogens is 1. The fourth-order valence-corrected chi connectivity index (χ4v) is 4.14. The zero-order chi connectivity index (χ0) is 25.8. The van der Waals surface area contributed by atoms with Crippen LogP contribution < -0.4 is 10.6 Å². The molecule has 1 aromatic heterocycles. The van der Waals surface area contributed by atoms with Gasteiger partial charge in [0.2, 0.25) is 5.91 Å². The second-order valence-electron chi connectivity index (χ2n) is 8.60. The highest BCUT2D eigenvalue weighted by Gasteiger charge is 2.22. The van der Waals surface area contributed by atoms with Gasteiger partial charge in [-0.3, -0.25) is 19.2 Å². The van der Waals surface area contributed by atoms with Crippen LogP contribution in [0.3, 0.4) is 0 Å². The molecular weight excluding hydrogens is 458 g/mol. The maximum atomic E-state index is 13.3. The number of hydrogen-bond donors (Lipinski definition) is 3. The minimum atomic E-state index is -0.597. The summed E-state index contributed by atoms with van der Waals surface area (Å²) in [5.74, 6) is -1.77. The molecule has 0 saturated carbocycles. The van der Waals surface area contributed by atoms with Crippen LogP contribution in [-0.2, 0) is 21.0 Å². The molecule has 0 fully saturated rings. The molecular formula is C28H25N3O5. The largest absolute Gasteiger partial charge is 0.392 e. The number of nitrogens with one attached hydrogen (secondary N) is 2. The standard InChI is InChI=1S/C28H25N3O5/c1-16(33)11-25(35)27-23(30-26(36)12-17(2)34)13-18(15-32)14-24(27)31-28-19-7-3-5-9-21(19)29-22-10-6-4-8-20(22)28/h3-10,13-14,32H,11-12,15H2,1-2H3,(H,29,31)(H,30,36). The lowest BCUT2D eigenvalue weighted by atomic mass is 9.98. The van der Waals surface area contributed by atoms with E-state index in [9.17, 15) is 24.3 Å². The van der Waals surface area contributed by atoms with Crippen LogP contribution in [-0.4, -0.2) is 33.3 Å². The van der Waals surface area contributed by atoms with Crippen molar-refractivity contribution in [1.29, 1.82) is 0 Å². The molecule has 4 aromatic rings. The molecule has 0 aliphatic carbocycles. The van der Waals surface area contributed by atoms with Crippen molar-refractivity contribution >= 4 is 62.1 Å². The Morgan fingerprint density at radius 3 is 1.92 bits per heavy atom. The molecule has 1 amide bonds. The number of carbonyl (C=O) groups excluding carboxylic acids is 4. The lowest BCUT2D eigenvalue weighted by Gasteiger charge is -2.20. The molecule has 0 unspecified atom stereocenters. The molecule has 0 atom stereocenters. The number of carbonyl (C=O) groups is 4. The lowest BCUT2D eigenvalue weighted by Crippen LogP contribution is -2.19. The predicted molar refractivity (Wildman–Crippen MR) is 138 cm³/mol. The van der Waals surface area contributed by atoms with Gasteiger partial charge in [-0.1, -0.05) is 36.4 Å². The van der Waals surface area contributed by atoms with Crippen molar-refractivity contribution in [2.75, 3.05) is 10.6 Å². The number of amides is 1. The summed E-state index contributed by atoms with van der Waals surface area (Å²) >= 11 is 0. The van der Waals surface area contributed by atoms with Gasteiger partial charge in [-0.15, -0.1) is 0 Å². The summed E-state index contributed by atoms with van der Waals surface area (Å²) in [6.45, 7) is 2.24. The first kappa shape index (κ1) is 24.7. The van der Waals surface area contributed by atoms with Crippen LogP contribution in [0.5, 0.6) is 0 Å². The van der Waals surface area contributed by atoms with E-state index < -0.39 is 11.7 Å². The van der Waals surface area contributed by atoms with Gasteiger partial charge in [-0.05, 0) is 43.7 Å². The van der Waals surface area contributed by atoms with Crippen molar-refractivity contribution in [2.24, 2.45) is 0 Å². The van der Waals surface area contributed by atoms with Gasteiger partial charge in [0.15, 0.2) is 5.78 Å². The van der Waals surface area contributed by atoms with Crippen molar-refractivity contribution in [3.05, 3.63) is 71.8 Å². The van der Waals surface area contributed by atoms with Crippen LogP contribution in [0.1, 0.15) is 42.6 Å². The Hall–Kier alpha value is -4.43. The van der Waals surface area contributed by atoms with Crippen molar-refractivity contribution in [1.82, 2.24) is 4.98 Å². The molecule has 0 saturated heterocycles. The predicted octanol–water partition coefficient (Wildman–Crippen LogP) is 4.70. The average Bonchev–Trinajstić information content (AvgIpc) is 2.82. The maximum Gasteiger partial charge on any atom is 0.231 e. The summed E-state index contributed by atoms with van der Waals surface area (Å²) in [7, 11) is 0. The number of anilines is 3. The van der Waals surface area contributed by atoms with Crippen LogP contribution in [0, 0.1) is 0 Å². The average molecular weight is 484 g/mol. The van der Waals surface area contributed by atoms with Crippen LogP contribution in [0.15, 0.2) is 60.7 Å². The first-order valence-corrected chi connectivity index (χ1v) is 11.4. The highest BCUT2D eigenvalue weighted by molar-refractivity contribution is 6.17. The molecule has 8 nitrogen and oxygen atoms in total. The van der Waals surface area contributed by atoms with Gasteiger partial charge in [-0.25, -0.2) is 4.98 Å². The quantitative estimate of drug-likeness (QED) is 0.179. The van der Waals surface area contributed by atoms with Gasteiger partial charge in [0.25, 0.3) is 0 Å². The third-order valence-electron chi connectivity index (χ3n) is 5.60. The normalized spacial score (nSPS) is 10.9. The number of hydrogen-bond acceptors (Lipinski definition) is 7.